The van der Waals surface area contributed by atoms with Crippen LogP contribution in [0.1, 0.15) is 21.6 Å². The fourth-order valence-electron chi connectivity index (χ4n) is 2.63. The number of carbonyl (C=O) groups is 2. The summed E-state index contributed by atoms with van der Waals surface area (Å²) in [6, 6.07) is 10.7. The summed E-state index contributed by atoms with van der Waals surface area (Å²) in [5.41, 5.74) is 0.237. The number of aromatic nitrogens is 2. The molecule has 1 aromatic heterocycles. The number of nitrogens with zero attached hydrogens (tertiary/aromatic N) is 2. The molecule has 3 rings (SSSR count). The summed E-state index contributed by atoms with van der Waals surface area (Å²) in [7, 11) is 0. The van der Waals surface area contributed by atoms with Crippen molar-refractivity contribution in [2.24, 2.45) is 0 Å². The lowest BCUT2D eigenvalue weighted by atomic mass is 10.1. The van der Waals surface area contributed by atoms with Crippen molar-refractivity contribution in [3.05, 3.63) is 77.2 Å². The first-order chi connectivity index (χ1) is 14.1. The van der Waals surface area contributed by atoms with E-state index in [-0.39, 0.29) is 5.56 Å². The zero-order valence-corrected chi connectivity index (χ0v) is 15.6. The maximum Gasteiger partial charge on any atom is 0.416 e. The molecule has 0 saturated carbocycles. The number of rotatable bonds is 5. The fraction of sp³-hybridized carbons (Fsp3) is 0.150. The predicted octanol–water partition coefficient (Wildman–Crippen LogP) is 3.71. The first-order valence-electron chi connectivity index (χ1n) is 8.71. The lowest BCUT2D eigenvalue weighted by Crippen LogP contribution is -2.33. The topological polar surface area (TPSA) is 76.0 Å². The fourth-order valence-corrected chi connectivity index (χ4v) is 2.63. The van der Waals surface area contributed by atoms with Crippen LogP contribution in [-0.2, 0) is 11.0 Å². The number of amides is 2. The Morgan fingerprint density at radius 1 is 1.03 bits per heavy atom. The molecule has 30 heavy (non-hydrogen) atoms. The largest absolute Gasteiger partial charge is 0.416 e. The van der Waals surface area contributed by atoms with Gasteiger partial charge in [0.15, 0.2) is 0 Å². The van der Waals surface area contributed by atoms with Gasteiger partial charge in [0.1, 0.15) is 11.6 Å². The summed E-state index contributed by atoms with van der Waals surface area (Å²) in [5.74, 6) is -1.37. The van der Waals surface area contributed by atoms with Gasteiger partial charge in [0, 0.05) is 11.6 Å². The molecule has 156 valence electrons. The average Bonchev–Trinajstić information content (AvgIpc) is 3.06. The molecule has 0 unspecified atom stereocenters. The summed E-state index contributed by atoms with van der Waals surface area (Å²) in [5, 5.41) is 9.16. The quantitative estimate of drug-likeness (QED) is 0.618. The molecule has 0 saturated heterocycles. The number of hydrogen-bond acceptors (Lipinski definition) is 3. The molecule has 0 fully saturated rings. The molecule has 0 atom stereocenters. The molecule has 0 bridgehead atoms. The second kappa shape index (κ2) is 8.36. The molecular weight excluding hydrogens is 404 g/mol. The normalized spacial score (nSPS) is 11.2. The third-order valence-corrected chi connectivity index (χ3v) is 4.05. The highest BCUT2D eigenvalue weighted by Crippen LogP contribution is 2.29. The van der Waals surface area contributed by atoms with E-state index in [0.717, 1.165) is 24.3 Å². The van der Waals surface area contributed by atoms with Crippen molar-refractivity contribution in [3.8, 4) is 5.69 Å². The summed E-state index contributed by atoms with van der Waals surface area (Å²) in [6.07, 6.45) is -4.50. The smallest absolute Gasteiger partial charge is 0.343 e. The molecule has 0 radical (unpaired) electrons. The van der Waals surface area contributed by atoms with Gasteiger partial charge in [-0.2, -0.15) is 18.3 Å². The molecule has 2 N–H and O–H groups in total. The van der Waals surface area contributed by atoms with Crippen molar-refractivity contribution in [1.29, 1.82) is 0 Å². The SMILES string of the molecule is Cc1cc(NC(=O)CNC(=O)c2ccc(C(F)(F)F)cc2)n(-c2ccc(F)cc2)n1. The lowest BCUT2D eigenvalue weighted by Gasteiger charge is -2.10. The number of aryl methyl sites for hydroxylation is 1. The Bertz CT molecular complexity index is 1060. The minimum absolute atomic E-state index is 0.0111. The van der Waals surface area contributed by atoms with Crippen LogP contribution in [0.15, 0.2) is 54.6 Å². The van der Waals surface area contributed by atoms with Gasteiger partial charge < -0.3 is 10.6 Å². The maximum atomic E-state index is 13.1. The summed E-state index contributed by atoms with van der Waals surface area (Å²) < 4.78 is 52.3. The van der Waals surface area contributed by atoms with Crippen LogP contribution in [0.25, 0.3) is 5.69 Å². The molecule has 2 aromatic carbocycles. The summed E-state index contributed by atoms with van der Waals surface area (Å²) in [4.78, 5) is 24.3. The van der Waals surface area contributed by atoms with Gasteiger partial charge in [0.25, 0.3) is 5.91 Å². The van der Waals surface area contributed by atoms with Gasteiger partial charge >= 0.3 is 6.18 Å². The molecule has 2 amide bonds. The first kappa shape index (κ1) is 21.0. The second-order valence-corrected chi connectivity index (χ2v) is 6.37. The zero-order valence-electron chi connectivity index (χ0n) is 15.6. The van der Waals surface area contributed by atoms with Crippen molar-refractivity contribution in [1.82, 2.24) is 15.1 Å². The van der Waals surface area contributed by atoms with Crippen LogP contribution in [0.2, 0.25) is 0 Å². The van der Waals surface area contributed by atoms with Gasteiger partial charge in [-0.1, -0.05) is 0 Å². The highest BCUT2D eigenvalue weighted by molar-refractivity contribution is 5.99. The number of alkyl halides is 3. The van der Waals surface area contributed by atoms with Crippen molar-refractivity contribution < 1.29 is 27.2 Å². The molecule has 0 aliphatic rings. The van der Waals surface area contributed by atoms with Crippen molar-refractivity contribution >= 4 is 17.6 Å². The van der Waals surface area contributed by atoms with Crippen LogP contribution >= 0.6 is 0 Å². The van der Waals surface area contributed by atoms with Crippen molar-refractivity contribution in [2.75, 3.05) is 11.9 Å². The number of anilines is 1. The van der Waals surface area contributed by atoms with Gasteiger partial charge in [-0.15, -0.1) is 0 Å². The molecule has 0 aliphatic heterocycles. The number of nitrogens with one attached hydrogen (secondary N) is 2. The lowest BCUT2D eigenvalue weighted by molar-refractivity contribution is -0.137. The molecule has 1 heterocycles. The van der Waals surface area contributed by atoms with Crippen LogP contribution in [0.4, 0.5) is 23.4 Å². The van der Waals surface area contributed by atoms with Gasteiger partial charge in [0.05, 0.1) is 23.5 Å². The van der Waals surface area contributed by atoms with E-state index in [2.05, 4.69) is 15.7 Å². The van der Waals surface area contributed by atoms with Gasteiger partial charge in [-0.05, 0) is 55.5 Å². The molecule has 6 nitrogen and oxygen atoms in total. The Labute approximate surface area is 168 Å². The Morgan fingerprint density at radius 2 is 1.67 bits per heavy atom. The van der Waals surface area contributed by atoms with Crippen LogP contribution in [0.5, 0.6) is 0 Å². The summed E-state index contributed by atoms with van der Waals surface area (Å²) >= 11 is 0. The highest BCUT2D eigenvalue weighted by Gasteiger charge is 2.30. The monoisotopic (exact) mass is 420 g/mol. The number of carbonyl (C=O) groups excluding carboxylic acids is 2. The average molecular weight is 420 g/mol. The Hall–Kier alpha value is -3.69. The Kier molecular flexibility index (Phi) is 5.86. The van der Waals surface area contributed by atoms with E-state index in [1.165, 1.54) is 28.9 Å². The Morgan fingerprint density at radius 3 is 2.27 bits per heavy atom. The number of halogens is 4. The molecule has 0 spiro atoms. The van der Waals surface area contributed by atoms with Crippen LogP contribution in [0, 0.1) is 12.7 Å². The molecule has 0 aliphatic carbocycles. The van der Waals surface area contributed by atoms with Crippen LogP contribution in [0.3, 0.4) is 0 Å². The van der Waals surface area contributed by atoms with E-state index in [4.69, 9.17) is 0 Å². The van der Waals surface area contributed by atoms with Crippen LogP contribution in [-0.4, -0.2) is 28.1 Å². The highest BCUT2D eigenvalue weighted by atomic mass is 19.4. The standard InChI is InChI=1S/C20H16F4N4O2/c1-12-10-17(28(27-12)16-8-6-15(21)7-9-16)26-18(29)11-25-19(30)13-2-4-14(5-3-13)20(22,23)24/h2-10H,11H2,1H3,(H,25,30)(H,26,29). The number of hydrogen-bond donors (Lipinski definition) is 2. The first-order valence-corrected chi connectivity index (χ1v) is 8.71. The zero-order chi connectivity index (χ0) is 21.9. The van der Waals surface area contributed by atoms with E-state index in [9.17, 15) is 27.2 Å². The molecule has 3 aromatic rings. The van der Waals surface area contributed by atoms with Crippen molar-refractivity contribution in [3.63, 3.8) is 0 Å². The van der Waals surface area contributed by atoms with Gasteiger partial charge in [-0.25, -0.2) is 9.07 Å². The maximum absolute atomic E-state index is 13.1. The minimum Gasteiger partial charge on any atom is -0.343 e. The Balaban J connectivity index is 1.62. The van der Waals surface area contributed by atoms with E-state index in [0.29, 0.717) is 17.2 Å². The number of benzene rings is 2. The van der Waals surface area contributed by atoms with Crippen LogP contribution < -0.4 is 10.6 Å². The molecular formula is C20H16F4N4O2. The minimum atomic E-state index is -4.50. The van der Waals surface area contributed by atoms with E-state index in [1.54, 1.807) is 13.0 Å². The second-order valence-electron chi connectivity index (χ2n) is 6.37. The third kappa shape index (κ3) is 5.02. The summed E-state index contributed by atoms with van der Waals surface area (Å²) in [6.45, 7) is 1.30. The van der Waals surface area contributed by atoms with Crippen molar-refractivity contribution in [2.45, 2.75) is 13.1 Å². The van der Waals surface area contributed by atoms with Gasteiger partial charge in [0.2, 0.25) is 5.91 Å². The van der Waals surface area contributed by atoms with Gasteiger partial charge in [-0.3, -0.25) is 9.59 Å². The predicted molar refractivity (Wildman–Crippen MR) is 101 cm³/mol. The molecule has 10 heteroatoms. The van der Waals surface area contributed by atoms with E-state index in [1.807, 2.05) is 0 Å². The van der Waals surface area contributed by atoms with E-state index >= 15 is 0 Å². The third-order valence-electron chi connectivity index (χ3n) is 4.05. The van der Waals surface area contributed by atoms with E-state index < -0.39 is 35.9 Å².